The van der Waals surface area contributed by atoms with Crippen molar-refractivity contribution in [1.29, 1.82) is 0 Å². The number of carboxylic acids is 1. The number of ether oxygens (including phenoxy) is 2. The second-order valence-electron chi connectivity index (χ2n) is 17.9. The molecular formula is C50H55N13O14S3. The molecule has 422 valence electrons. The molecule has 1 unspecified atom stereocenters. The number of aliphatic carboxylic acids is 1. The fourth-order valence-corrected chi connectivity index (χ4v) is 10.4. The first-order chi connectivity index (χ1) is 38.1. The number of benzene rings is 1. The largest absolute Gasteiger partial charge is 0.491 e. The number of hydrogen-bond acceptors (Lipinski definition) is 20. The van der Waals surface area contributed by atoms with E-state index in [2.05, 4.69) is 48.5 Å². The van der Waals surface area contributed by atoms with Crippen molar-refractivity contribution < 1.29 is 66.9 Å². The van der Waals surface area contributed by atoms with Crippen LogP contribution in [0.15, 0.2) is 46.0 Å². The molecule has 8 N–H and O–H groups in total. The van der Waals surface area contributed by atoms with Gasteiger partial charge in [0.2, 0.25) is 47.2 Å². The second-order valence-corrected chi connectivity index (χ2v) is 20.8. The molecule has 30 heteroatoms. The van der Waals surface area contributed by atoms with Gasteiger partial charge in [-0.25, -0.2) is 24.7 Å². The summed E-state index contributed by atoms with van der Waals surface area (Å²) in [5, 5.41) is 16.6. The predicted octanol–water partition coefficient (Wildman–Crippen LogP) is 2.30. The van der Waals surface area contributed by atoms with Crippen LogP contribution >= 0.6 is 35.3 Å². The van der Waals surface area contributed by atoms with E-state index in [-0.39, 0.29) is 84.5 Å². The lowest BCUT2D eigenvalue weighted by molar-refractivity contribution is -0.148. The van der Waals surface area contributed by atoms with Crippen molar-refractivity contribution in [2.45, 2.75) is 104 Å². The van der Waals surface area contributed by atoms with Gasteiger partial charge in [0.1, 0.15) is 34.8 Å². The van der Waals surface area contributed by atoms with Gasteiger partial charge in [0.05, 0.1) is 50.6 Å². The number of oxazole rings is 1. The number of esters is 1. The molecule has 3 atom stereocenters. The number of thiazole rings is 2. The molecular weight excluding hydrogens is 1100 g/mol. The highest BCUT2D eigenvalue weighted by Crippen LogP contribution is 2.32. The smallest absolute Gasteiger partial charge is 0.328 e. The first-order valence-corrected chi connectivity index (χ1v) is 27.0. The Kier molecular flexibility index (Phi) is 19.1. The normalized spacial score (nSPS) is 14.4. The maximum absolute atomic E-state index is 13.9. The highest BCUT2D eigenvalue weighted by molar-refractivity contribution is 7.81. The monoisotopic (exact) mass is 1160 g/mol. The number of amides is 8. The molecule has 5 aromatic heterocycles. The molecule has 0 radical (unpaired) electrons. The summed E-state index contributed by atoms with van der Waals surface area (Å²) in [5.74, 6) is -7.62. The van der Waals surface area contributed by atoms with Crippen molar-refractivity contribution in [3.05, 3.63) is 85.4 Å². The Morgan fingerprint density at radius 2 is 1.65 bits per heavy atom. The van der Waals surface area contributed by atoms with Crippen LogP contribution < -0.4 is 37.0 Å². The molecule has 1 aliphatic heterocycles. The lowest BCUT2D eigenvalue weighted by Crippen LogP contribution is -2.53. The average molecular weight is 1160 g/mol. The van der Waals surface area contributed by atoms with Gasteiger partial charge >= 0.3 is 17.8 Å². The molecule has 0 spiro atoms. The Labute approximate surface area is 467 Å². The molecule has 7 rings (SSSR count). The van der Waals surface area contributed by atoms with Gasteiger partial charge in [-0.05, 0) is 51.3 Å². The van der Waals surface area contributed by atoms with Gasteiger partial charge in [-0.15, -0.1) is 11.3 Å². The lowest BCUT2D eigenvalue weighted by atomic mass is 10.1. The number of fused-ring (bicyclic) bond motifs is 2. The number of hydrogen-bond donors (Lipinski definition) is 7. The first-order valence-electron chi connectivity index (χ1n) is 24.8. The van der Waals surface area contributed by atoms with Gasteiger partial charge < -0.3 is 45.7 Å². The molecule has 0 aliphatic carbocycles. The first kappa shape index (κ1) is 59.0. The predicted molar refractivity (Wildman–Crippen MR) is 290 cm³/mol. The number of nitrogens with two attached hydrogens (primary N) is 2. The summed E-state index contributed by atoms with van der Waals surface area (Å²) in [4.78, 5) is 151. The molecule has 1 aliphatic rings. The minimum atomic E-state index is -1.47. The summed E-state index contributed by atoms with van der Waals surface area (Å²) in [5.41, 5.74) is 13.4. The molecule has 0 bridgehead atoms. The van der Waals surface area contributed by atoms with Crippen LogP contribution in [-0.2, 0) is 59.4 Å². The maximum Gasteiger partial charge on any atom is 0.328 e. The Balaban J connectivity index is 1.10. The van der Waals surface area contributed by atoms with E-state index >= 15 is 0 Å². The zero-order valence-corrected chi connectivity index (χ0v) is 46.3. The third-order valence-corrected chi connectivity index (χ3v) is 14.5. The summed E-state index contributed by atoms with van der Waals surface area (Å²) in [6.07, 6.45) is 4.59. The van der Waals surface area contributed by atoms with Gasteiger partial charge in [-0.2, -0.15) is 17.6 Å². The number of likely N-dealkylation sites (tertiary alicyclic amines) is 1. The lowest BCUT2D eigenvalue weighted by Gasteiger charge is -2.22. The van der Waals surface area contributed by atoms with Crippen molar-refractivity contribution in [2.24, 2.45) is 16.5 Å². The number of primary amides is 2. The number of imide groups is 1. The second kappa shape index (κ2) is 25.9. The molecule has 27 nitrogen and oxygen atoms in total. The van der Waals surface area contributed by atoms with E-state index in [1.807, 2.05) is 13.8 Å². The number of aryl methyl sites for hydroxylation is 4. The number of carboxylic acid groups (broad SMARTS) is 1. The van der Waals surface area contributed by atoms with Crippen molar-refractivity contribution in [2.75, 3.05) is 25.1 Å². The minimum absolute atomic E-state index is 0.0129. The van der Waals surface area contributed by atoms with Crippen LogP contribution in [0.25, 0.3) is 21.4 Å². The summed E-state index contributed by atoms with van der Waals surface area (Å²) in [6, 6.07) is 1.61. The highest BCUT2D eigenvalue weighted by Gasteiger charge is 2.38. The number of rotatable bonds is 25. The van der Waals surface area contributed by atoms with E-state index in [0.717, 1.165) is 11.3 Å². The van der Waals surface area contributed by atoms with E-state index in [1.54, 1.807) is 41.2 Å². The number of nitrogens with one attached hydrogen (secondary N) is 3. The van der Waals surface area contributed by atoms with Gasteiger partial charge in [0.15, 0.2) is 16.3 Å². The van der Waals surface area contributed by atoms with Crippen molar-refractivity contribution >= 4 is 122 Å². The van der Waals surface area contributed by atoms with Crippen LogP contribution in [0, 0.1) is 13.8 Å². The van der Waals surface area contributed by atoms with Crippen LogP contribution in [-0.4, -0.2) is 135 Å². The molecule has 8 amide bonds. The van der Waals surface area contributed by atoms with E-state index in [0.29, 0.717) is 60.8 Å². The van der Waals surface area contributed by atoms with E-state index in [1.165, 1.54) is 36.6 Å². The van der Waals surface area contributed by atoms with Crippen molar-refractivity contribution in [3.63, 3.8) is 0 Å². The summed E-state index contributed by atoms with van der Waals surface area (Å²) < 4.78 is 21.0. The van der Waals surface area contributed by atoms with Gasteiger partial charge in [0, 0.05) is 51.0 Å². The third kappa shape index (κ3) is 14.0. The van der Waals surface area contributed by atoms with E-state index in [9.17, 15) is 53.1 Å². The fourth-order valence-electron chi connectivity index (χ4n) is 8.18. The van der Waals surface area contributed by atoms with Crippen LogP contribution in [0.1, 0.15) is 110 Å². The summed E-state index contributed by atoms with van der Waals surface area (Å²) in [7, 11) is 0. The van der Waals surface area contributed by atoms with Gasteiger partial charge in [-0.1, -0.05) is 37.3 Å². The number of imidazole rings is 1. The van der Waals surface area contributed by atoms with Crippen LogP contribution in [0.5, 0.6) is 5.75 Å². The standard InChI is InChI=1S/C50H55N13O14S3/c1-6-28-39(77-24(4)55-28)45(71)60-50-62(43-34(80-50)19-27(21-53-43)42(52)69)14-9-8-13-61-38-31(58-49(61)59-46(72)40-29(7-2)56-25(5)79-40)17-26(41(51)68)18-32(38)75-15-10-16-76-48(74)23(3)54-44(70)30(11-12-37(66)67)57-35(64)22-63-36(65)20-33(78)47(63)73/h8-9,17-19,21,23,30,33,78H,6-7,10-16,20,22H2,1-5H3,(H2,51,68)(H2,52,69)(H,54,70)(H,57,64)(H,66,67)(H,58,59,72)/b9-8+,60-50-/t23-,30-,33?/m0/s1. The minimum Gasteiger partial charge on any atom is -0.491 e. The van der Waals surface area contributed by atoms with Crippen LogP contribution in [0.4, 0.5) is 5.95 Å². The van der Waals surface area contributed by atoms with Gasteiger partial charge in [-0.3, -0.25) is 57.9 Å². The van der Waals surface area contributed by atoms with Crippen LogP contribution in [0.3, 0.4) is 0 Å². The molecule has 1 fully saturated rings. The van der Waals surface area contributed by atoms with Crippen molar-refractivity contribution in [1.82, 2.24) is 44.6 Å². The number of thiol groups is 1. The van der Waals surface area contributed by atoms with E-state index in [4.69, 9.17) is 30.3 Å². The average Bonchev–Trinajstić information content (AvgIpc) is 4.36. The van der Waals surface area contributed by atoms with Crippen molar-refractivity contribution in [3.8, 4) is 5.75 Å². The SMILES string of the molecule is CCc1nc(C)oc1C(=O)/N=c1\sc2cc(C(N)=O)cnc2n1C/C=C/Cn1c(NC(=O)c2sc(C)nc2CC)nc2cc(C(N)=O)cc(OCCCOC(=O)[C@H](C)NC(=O)[C@H](CCC(=O)O)NC(=O)CN3C(=O)CC(S)C3=O)c21. The molecule has 80 heavy (non-hydrogen) atoms. The number of aromatic nitrogens is 6. The number of nitrogens with zero attached hydrogens (tertiary/aromatic N) is 8. The zero-order chi connectivity index (χ0) is 58.1. The Bertz CT molecular complexity index is 3580. The Morgan fingerprint density at radius 3 is 2.31 bits per heavy atom. The summed E-state index contributed by atoms with van der Waals surface area (Å²) in [6.45, 7) is 7.39. The topological polar surface area (TPSA) is 388 Å². The summed E-state index contributed by atoms with van der Waals surface area (Å²) >= 11 is 6.32. The molecule has 0 saturated carbocycles. The maximum atomic E-state index is 13.9. The molecule has 6 heterocycles. The van der Waals surface area contributed by atoms with Gasteiger partial charge in [0.25, 0.3) is 5.91 Å². The number of anilines is 1. The molecule has 1 aromatic carbocycles. The number of pyridine rings is 1. The Hall–Kier alpha value is -8.64. The van der Waals surface area contributed by atoms with Crippen LogP contribution in [0.2, 0.25) is 0 Å². The van der Waals surface area contributed by atoms with E-state index < -0.39 is 89.5 Å². The molecule has 6 aromatic rings. The zero-order valence-electron chi connectivity index (χ0n) is 43.7. The molecule has 1 saturated heterocycles. The highest BCUT2D eigenvalue weighted by atomic mass is 32.1. The fraction of sp³-hybridized carbons (Fsp3) is 0.380. The number of allylic oxidation sites excluding steroid dienone is 2. The number of carbonyl (C=O) groups is 10. The Morgan fingerprint density at radius 1 is 0.938 bits per heavy atom. The quantitative estimate of drug-likeness (QED) is 0.0142. The number of carbonyl (C=O) groups excluding carboxylic acids is 9. The third-order valence-electron chi connectivity index (χ3n) is 12.1.